The quantitative estimate of drug-likeness (QED) is 0.707. The first-order valence-corrected chi connectivity index (χ1v) is 5.50. The molecule has 0 spiro atoms. The highest BCUT2D eigenvalue weighted by Crippen LogP contribution is 2.24. The Morgan fingerprint density at radius 2 is 2.33 bits per heavy atom. The number of aromatic amines is 1. The van der Waals surface area contributed by atoms with Crippen molar-refractivity contribution in [3.63, 3.8) is 0 Å². The lowest BCUT2D eigenvalue weighted by Crippen LogP contribution is -1.82. The van der Waals surface area contributed by atoms with Gasteiger partial charge in [0.1, 0.15) is 0 Å². The van der Waals surface area contributed by atoms with Crippen LogP contribution in [0.25, 0.3) is 21.6 Å². The van der Waals surface area contributed by atoms with Gasteiger partial charge in [0.05, 0.1) is 10.2 Å². The Bertz CT molecular complexity index is 615. The molecule has 15 heavy (non-hydrogen) atoms. The van der Waals surface area contributed by atoms with Gasteiger partial charge in [0.15, 0.2) is 5.82 Å². The van der Waals surface area contributed by atoms with E-state index in [1.807, 2.05) is 17.5 Å². The predicted octanol–water partition coefficient (Wildman–Crippen LogP) is 2.73. The minimum Gasteiger partial charge on any atom is -0.255 e. The monoisotopic (exact) mass is 236 g/mol. The first kappa shape index (κ1) is 8.82. The minimum atomic E-state index is 0.288. The lowest BCUT2D eigenvalue weighted by atomic mass is 10.2. The summed E-state index contributed by atoms with van der Waals surface area (Å²) in [4.78, 5) is 8.34. The van der Waals surface area contributed by atoms with Crippen molar-refractivity contribution in [3.05, 3.63) is 29.0 Å². The number of H-pyrrole nitrogens is 1. The zero-order chi connectivity index (χ0) is 10.3. The molecule has 74 valence electrons. The summed E-state index contributed by atoms with van der Waals surface area (Å²) in [7, 11) is 0. The molecular formula is C9H5ClN4S. The SMILES string of the molecule is Clc1nc(-c2cnc3ccsc3c2)n[nH]1. The zero-order valence-corrected chi connectivity index (χ0v) is 9.01. The molecule has 0 atom stereocenters. The van der Waals surface area contributed by atoms with E-state index < -0.39 is 0 Å². The molecule has 0 aromatic carbocycles. The van der Waals surface area contributed by atoms with E-state index >= 15 is 0 Å². The number of rotatable bonds is 1. The molecule has 6 heteroatoms. The highest BCUT2D eigenvalue weighted by atomic mass is 35.5. The second kappa shape index (κ2) is 3.29. The zero-order valence-electron chi connectivity index (χ0n) is 7.44. The lowest BCUT2D eigenvalue weighted by molar-refractivity contribution is 1.09. The van der Waals surface area contributed by atoms with E-state index in [1.165, 1.54) is 0 Å². The van der Waals surface area contributed by atoms with E-state index in [0.29, 0.717) is 5.82 Å². The van der Waals surface area contributed by atoms with E-state index in [0.717, 1.165) is 15.8 Å². The second-order valence-electron chi connectivity index (χ2n) is 2.98. The third-order valence-electron chi connectivity index (χ3n) is 2.02. The molecule has 0 aliphatic heterocycles. The number of fused-ring (bicyclic) bond motifs is 1. The second-order valence-corrected chi connectivity index (χ2v) is 4.28. The average molecular weight is 237 g/mol. The summed E-state index contributed by atoms with van der Waals surface area (Å²) in [6.07, 6.45) is 1.74. The molecule has 0 unspecified atom stereocenters. The summed E-state index contributed by atoms with van der Waals surface area (Å²) in [6.45, 7) is 0. The fourth-order valence-corrected chi connectivity index (χ4v) is 2.24. The topological polar surface area (TPSA) is 54.5 Å². The van der Waals surface area contributed by atoms with Gasteiger partial charge in [0.2, 0.25) is 5.28 Å². The number of hydrogen-bond donors (Lipinski definition) is 1. The Balaban J connectivity index is 2.18. The highest BCUT2D eigenvalue weighted by Gasteiger charge is 2.06. The van der Waals surface area contributed by atoms with Crippen LogP contribution in [0.4, 0.5) is 0 Å². The van der Waals surface area contributed by atoms with Crippen LogP contribution in [-0.4, -0.2) is 20.2 Å². The van der Waals surface area contributed by atoms with Crippen LogP contribution in [0.3, 0.4) is 0 Å². The van der Waals surface area contributed by atoms with Gasteiger partial charge in [0, 0.05) is 11.8 Å². The fraction of sp³-hybridized carbons (Fsp3) is 0. The number of hydrogen-bond acceptors (Lipinski definition) is 4. The first-order chi connectivity index (χ1) is 7.33. The van der Waals surface area contributed by atoms with Crippen LogP contribution in [0.1, 0.15) is 0 Å². The maximum absolute atomic E-state index is 5.66. The molecule has 0 saturated carbocycles. The van der Waals surface area contributed by atoms with Gasteiger partial charge in [-0.05, 0) is 29.1 Å². The number of nitrogens with one attached hydrogen (secondary N) is 1. The van der Waals surface area contributed by atoms with Gasteiger partial charge >= 0.3 is 0 Å². The standard InChI is InChI=1S/C9H5ClN4S/c10-9-12-8(13-14-9)5-3-7-6(11-4-5)1-2-15-7/h1-4H,(H,12,13,14). The minimum absolute atomic E-state index is 0.288. The van der Waals surface area contributed by atoms with Crippen LogP contribution in [0.15, 0.2) is 23.7 Å². The van der Waals surface area contributed by atoms with Crippen LogP contribution in [-0.2, 0) is 0 Å². The maximum Gasteiger partial charge on any atom is 0.218 e. The lowest BCUT2D eigenvalue weighted by Gasteiger charge is -1.93. The van der Waals surface area contributed by atoms with Crippen LogP contribution in [0.5, 0.6) is 0 Å². The van der Waals surface area contributed by atoms with Crippen molar-refractivity contribution in [2.24, 2.45) is 0 Å². The first-order valence-electron chi connectivity index (χ1n) is 4.24. The van der Waals surface area contributed by atoms with E-state index in [2.05, 4.69) is 20.2 Å². The molecule has 3 aromatic rings. The van der Waals surface area contributed by atoms with Gasteiger partial charge in [-0.3, -0.25) is 4.98 Å². The van der Waals surface area contributed by atoms with Crippen LogP contribution in [0, 0.1) is 0 Å². The van der Waals surface area contributed by atoms with Gasteiger partial charge in [-0.1, -0.05) is 0 Å². The number of halogens is 1. The third-order valence-corrected chi connectivity index (χ3v) is 3.04. The van der Waals surface area contributed by atoms with Crippen molar-refractivity contribution in [3.8, 4) is 11.4 Å². The summed E-state index contributed by atoms with van der Waals surface area (Å²) in [5, 5.41) is 8.86. The molecule has 0 aliphatic rings. The van der Waals surface area contributed by atoms with E-state index in [4.69, 9.17) is 11.6 Å². The third kappa shape index (κ3) is 1.49. The Morgan fingerprint density at radius 1 is 1.40 bits per heavy atom. The van der Waals surface area contributed by atoms with E-state index in [-0.39, 0.29) is 5.28 Å². The van der Waals surface area contributed by atoms with Gasteiger partial charge in [-0.25, -0.2) is 5.10 Å². The molecule has 3 aromatic heterocycles. The number of pyridine rings is 1. The van der Waals surface area contributed by atoms with Gasteiger partial charge in [-0.15, -0.1) is 11.3 Å². The van der Waals surface area contributed by atoms with E-state index in [9.17, 15) is 0 Å². The number of aromatic nitrogens is 4. The molecule has 0 radical (unpaired) electrons. The average Bonchev–Trinajstić information content (AvgIpc) is 2.84. The van der Waals surface area contributed by atoms with Crippen molar-refractivity contribution in [2.45, 2.75) is 0 Å². The molecule has 0 saturated heterocycles. The smallest absolute Gasteiger partial charge is 0.218 e. The largest absolute Gasteiger partial charge is 0.255 e. The summed E-state index contributed by atoms with van der Waals surface area (Å²) in [5.41, 5.74) is 1.86. The highest BCUT2D eigenvalue weighted by molar-refractivity contribution is 7.17. The van der Waals surface area contributed by atoms with Crippen molar-refractivity contribution in [2.75, 3.05) is 0 Å². The Hall–Kier alpha value is -1.46. The molecule has 3 rings (SSSR count). The fourth-order valence-electron chi connectivity index (χ4n) is 1.34. The predicted molar refractivity (Wildman–Crippen MR) is 60.0 cm³/mol. The number of nitrogens with zero attached hydrogens (tertiary/aromatic N) is 3. The molecule has 0 amide bonds. The Labute approximate surface area is 94.0 Å². The van der Waals surface area contributed by atoms with Crippen molar-refractivity contribution < 1.29 is 0 Å². The van der Waals surface area contributed by atoms with Crippen molar-refractivity contribution in [1.29, 1.82) is 0 Å². The Kier molecular flexibility index (Phi) is 1.93. The molecular weight excluding hydrogens is 232 g/mol. The molecule has 0 fully saturated rings. The molecule has 1 N–H and O–H groups in total. The van der Waals surface area contributed by atoms with Crippen LogP contribution >= 0.6 is 22.9 Å². The summed E-state index contributed by atoms with van der Waals surface area (Å²) in [6, 6.07) is 3.99. The summed E-state index contributed by atoms with van der Waals surface area (Å²) < 4.78 is 1.12. The van der Waals surface area contributed by atoms with Gasteiger partial charge in [-0.2, -0.15) is 10.1 Å². The van der Waals surface area contributed by atoms with E-state index in [1.54, 1.807) is 17.5 Å². The molecule has 0 bridgehead atoms. The normalized spacial score (nSPS) is 11.0. The molecule has 4 nitrogen and oxygen atoms in total. The van der Waals surface area contributed by atoms with Crippen LogP contribution < -0.4 is 0 Å². The van der Waals surface area contributed by atoms with Crippen molar-refractivity contribution in [1.82, 2.24) is 20.2 Å². The summed E-state index contributed by atoms with van der Waals surface area (Å²) >= 11 is 7.30. The molecule has 3 heterocycles. The van der Waals surface area contributed by atoms with Crippen molar-refractivity contribution >= 4 is 33.2 Å². The summed E-state index contributed by atoms with van der Waals surface area (Å²) in [5.74, 6) is 0.572. The maximum atomic E-state index is 5.66. The van der Waals surface area contributed by atoms with Crippen LogP contribution in [0.2, 0.25) is 5.28 Å². The Morgan fingerprint density at radius 3 is 3.13 bits per heavy atom. The van der Waals surface area contributed by atoms with Gasteiger partial charge < -0.3 is 0 Å². The number of thiophene rings is 1. The van der Waals surface area contributed by atoms with Gasteiger partial charge in [0.25, 0.3) is 0 Å². The molecule has 0 aliphatic carbocycles.